The summed E-state index contributed by atoms with van der Waals surface area (Å²) < 4.78 is 5.86. The quantitative estimate of drug-likeness (QED) is 0.418. The van der Waals surface area contributed by atoms with Crippen molar-refractivity contribution in [3.05, 3.63) is 41.1 Å². The number of rotatable bonds is 5. The van der Waals surface area contributed by atoms with E-state index in [9.17, 15) is 19.5 Å². The molecule has 0 aliphatic heterocycles. The SMILES string of the molecule is CCOC(=O)c1cnn(-c2cc(C(=O)[O-])cc(C(=O)O)c2)c1N.[K+]. The molecule has 0 saturated carbocycles. The Morgan fingerprint density at radius 2 is 1.92 bits per heavy atom. The molecule has 0 spiro atoms. The average molecular weight is 357 g/mol. The fourth-order valence-corrected chi connectivity index (χ4v) is 1.90. The molecule has 0 aliphatic carbocycles. The zero-order chi connectivity index (χ0) is 17.1. The number of carboxylic acid groups (broad SMARTS) is 2. The molecule has 2 aromatic rings. The molecule has 0 aliphatic rings. The van der Waals surface area contributed by atoms with Gasteiger partial charge < -0.3 is 25.5 Å². The molecule has 0 atom stereocenters. The van der Waals surface area contributed by atoms with Crippen molar-refractivity contribution < 1.29 is 80.7 Å². The van der Waals surface area contributed by atoms with Gasteiger partial charge in [0, 0.05) is 5.56 Å². The van der Waals surface area contributed by atoms with Crippen molar-refractivity contribution in [3.63, 3.8) is 0 Å². The fraction of sp³-hybridized carbons (Fsp3) is 0.143. The fourth-order valence-electron chi connectivity index (χ4n) is 1.90. The van der Waals surface area contributed by atoms with Gasteiger partial charge in [0.25, 0.3) is 0 Å². The smallest absolute Gasteiger partial charge is 0.545 e. The van der Waals surface area contributed by atoms with E-state index < -0.39 is 17.9 Å². The molecule has 120 valence electrons. The van der Waals surface area contributed by atoms with Crippen molar-refractivity contribution in [2.45, 2.75) is 6.92 Å². The number of esters is 1. The summed E-state index contributed by atoms with van der Waals surface area (Å²) >= 11 is 0. The molecule has 0 fully saturated rings. The van der Waals surface area contributed by atoms with Crippen LogP contribution in [0.5, 0.6) is 0 Å². The summed E-state index contributed by atoms with van der Waals surface area (Å²) in [6.45, 7) is 1.77. The summed E-state index contributed by atoms with van der Waals surface area (Å²) in [5.74, 6) is -3.67. The van der Waals surface area contributed by atoms with Gasteiger partial charge in [0.1, 0.15) is 11.4 Å². The molecule has 9 nitrogen and oxygen atoms in total. The van der Waals surface area contributed by atoms with Gasteiger partial charge in [-0.3, -0.25) is 0 Å². The van der Waals surface area contributed by atoms with E-state index in [1.807, 2.05) is 0 Å². The first kappa shape index (κ1) is 20.3. The van der Waals surface area contributed by atoms with Crippen LogP contribution in [-0.4, -0.2) is 39.4 Å². The number of hydrogen-bond acceptors (Lipinski definition) is 7. The summed E-state index contributed by atoms with van der Waals surface area (Å²) in [5, 5.41) is 23.9. The standard InChI is InChI=1S/C14H13N3O6.K/c1-2-23-14(22)10-6-16-17(11(10)15)9-4-7(12(18)19)3-8(5-9)13(20)21;/h3-6H,2,15H2,1H3,(H,18,19)(H,20,21);/q;+1/p-1. The Morgan fingerprint density at radius 3 is 2.46 bits per heavy atom. The maximum Gasteiger partial charge on any atom is 1.00 e. The molecule has 0 saturated heterocycles. The largest absolute Gasteiger partial charge is 1.00 e. The van der Waals surface area contributed by atoms with E-state index in [0.717, 1.165) is 23.0 Å². The van der Waals surface area contributed by atoms with Gasteiger partial charge in [-0.25, -0.2) is 14.3 Å². The molecule has 3 N–H and O–H groups in total. The second kappa shape index (κ2) is 8.40. The maximum atomic E-state index is 11.7. The molecule has 0 unspecified atom stereocenters. The molecule has 0 radical (unpaired) electrons. The van der Waals surface area contributed by atoms with Crippen molar-refractivity contribution in [2.24, 2.45) is 0 Å². The number of benzene rings is 1. The van der Waals surface area contributed by atoms with Gasteiger partial charge in [-0.05, 0) is 25.1 Å². The number of aromatic nitrogens is 2. The van der Waals surface area contributed by atoms with Gasteiger partial charge in [-0.2, -0.15) is 5.10 Å². The molecular weight excluding hydrogens is 345 g/mol. The predicted octanol–water partition coefficient (Wildman–Crippen LogP) is -3.30. The van der Waals surface area contributed by atoms with Crippen LogP contribution in [0.4, 0.5) is 5.82 Å². The summed E-state index contributed by atoms with van der Waals surface area (Å²) in [6.07, 6.45) is 1.15. The molecule has 10 heteroatoms. The van der Waals surface area contributed by atoms with Gasteiger partial charge in [0.2, 0.25) is 0 Å². The Bertz CT molecular complexity index is 770. The second-order valence-corrected chi connectivity index (χ2v) is 4.44. The monoisotopic (exact) mass is 357 g/mol. The first-order chi connectivity index (χ1) is 10.8. The van der Waals surface area contributed by atoms with Crippen LogP contribution >= 0.6 is 0 Å². The third kappa shape index (κ3) is 4.22. The van der Waals surface area contributed by atoms with Gasteiger partial charge >= 0.3 is 63.3 Å². The first-order valence-electron chi connectivity index (χ1n) is 6.45. The maximum absolute atomic E-state index is 11.7. The van der Waals surface area contributed by atoms with Gasteiger partial charge in [0.05, 0.1) is 30.0 Å². The van der Waals surface area contributed by atoms with Crippen LogP contribution in [0.25, 0.3) is 5.69 Å². The Labute approximate surface area is 178 Å². The minimum absolute atomic E-state index is 0. The van der Waals surface area contributed by atoms with Crippen molar-refractivity contribution in [2.75, 3.05) is 12.3 Å². The normalized spacial score (nSPS) is 9.88. The molecule has 0 amide bonds. The van der Waals surface area contributed by atoms with Crippen LogP contribution in [0, 0.1) is 0 Å². The van der Waals surface area contributed by atoms with Crippen LogP contribution in [0.1, 0.15) is 38.0 Å². The molecule has 24 heavy (non-hydrogen) atoms. The summed E-state index contributed by atoms with van der Waals surface area (Å²) in [6, 6.07) is 3.26. The van der Waals surface area contributed by atoms with Crippen molar-refractivity contribution in [3.8, 4) is 5.69 Å². The van der Waals surface area contributed by atoms with Crippen LogP contribution in [-0.2, 0) is 4.74 Å². The van der Waals surface area contributed by atoms with E-state index in [2.05, 4.69) is 5.10 Å². The molecular formula is C14H12KN3O6. The Hall–Kier alpha value is -1.72. The number of nitrogens with two attached hydrogens (primary N) is 1. The Balaban J connectivity index is 0.00000288. The van der Waals surface area contributed by atoms with E-state index in [0.29, 0.717) is 0 Å². The number of aromatic carboxylic acids is 2. The van der Waals surface area contributed by atoms with Crippen LogP contribution < -0.4 is 62.2 Å². The zero-order valence-electron chi connectivity index (χ0n) is 13.0. The minimum atomic E-state index is -1.55. The van der Waals surface area contributed by atoms with Gasteiger partial charge in [0.15, 0.2) is 0 Å². The summed E-state index contributed by atoms with van der Waals surface area (Å²) in [5.41, 5.74) is 5.23. The third-order valence-corrected chi connectivity index (χ3v) is 2.95. The van der Waals surface area contributed by atoms with E-state index in [-0.39, 0.29) is 86.2 Å². The minimum Gasteiger partial charge on any atom is -0.545 e. The topological polar surface area (TPSA) is 148 Å². The van der Waals surface area contributed by atoms with Crippen LogP contribution in [0.3, 0.4) is 0 Å². The molecule has 1 heterocycles. The van der Waals surface area contributed by atoms with E-state index in [1.165, 1.54) is 6.07 Å². The Kier molecular flexibility index (Phi) is 7.11. The number of carbonyl (C=O) groups is 3. The number of carboxylic acids is 2. The van der Waals surface area contributed by atoms with Crippen LogP contribution in [0.2, 0.25) is 0 Å². The first-order valence-corrected chi connectivity index (χ1v) is 6.45. The predicted molar refractivity (Wildman–Crippen MR) is 75.2 cm³/mol. The average Bonchev–Trinajstić information content (AvgIpc) is 2.88. The second-order valence-electron chi connectivity index (χ2n) is 4.44. The van der Waals surface area contributed by atoms with Crippen molar-refractivity contribution in [1.29, 1.82) is 0 Å². The van der Waals surface area contributed by atoms with Crippen LogP contribution in [0.15, 0.2) is 24.4 Å². The molecule has 1 aromatic carbocycles. The molecule has 2 rings (SSSR count). The number of nitrogens with zero attached hydrogens (tertiary/aromatic N) is 2. The molecule has 1 aromatic heterocycles. The van der Waals surface area contributed by atoms with E-state index >= 15 is 0 Å². The van der Waals surface area contributed by atoms with Gasteiger partial charge in [-0.15, -0.1) is 0 Å². The van der Waals surface area contributed by atoms with E-state index in [4.69, 9.17) is 15.6 Å². The summed E-state index contributed by atoms with van der Waals surface area (Å²) in [7, 11) is 0. The van der Waals surface area contributed by atoms with Crippen molar-refractivity contribution in [1.82, 2.24) is 9.78 Å². The number of anilines is 1. The van der Waals surface area contributed by atoms with Crippen molar-refractivity contribution >= 4 is 23.7 Å². The van der Waals surface area contributed by atoms with Gasteiger partial charge in [-0.1, -0.05) is 0 Å². The number of hydrogen-bond donors (Lipinski definition) is 2. The third-order valence-electron chi connectivity index (χ3n) is 2.95. The van der Waals surface area contributed by atoms with E-state index in [1.54, 1.807) is 6.92 Å². The molecule has 0 bridgehead atoms. The number of nitrogen functional groups attached to an aromatic ring is 1. The number of carbonyl (C=O) groups excluding carboxylic acids is 2. The Morgan fingerprint density at radius 1 is 1.29 bits per heavy atom. The number of ether oxygens (including phenoxy) is 1. The summed E-state index contributed by atoms with van der Waals surface area (Å²) in [4.78, 5) is 33.8. The zero-order valence-corrected chi connectivity index (χ0v) is 16.1.